The highest BCUT2D eigenvalue weighted by atomic mass is 16.4. The minimum Gasteiger partial charge on any atom is -0.478 e. The van der Waals surface area contributed by atoms with E-state index in [1.165, 1.54) is 48.8 Å². The molecule has 4 saturated carbocycles. The van der Waals surface area contributed by atoms with Gasteiger partial charge in [0.2, 0.25) is 5.91 Å². The number of carbonyl (C=O) groups excluding carboxylic acids is 1. The van der Waals surface area contributed by atoms with Crippen LogP contribution in [0, 0.1) is 62.6 Å². The highest BCUT2D eigenvalue weighted by molar-refractivity contribution is 5.88. The Labute approximate surface area is 295 Å². The molecule has 0 aliphatic heterocycles. The van der Waals surface area contributed by atoms with Crippen molar-refractivity contribution in [2.75, 3.05) is 6.54 Å². The molecule has 0 saturated heterocycles. The lowest BCUT2D eigenvalue weighted by Gasteiger charge is -2.72. The molecule has 1 aromatic carbocycles. The molecule has 0 bridgehead atoms. The minimum atomic E-state index is -0.870. The Morgan fingerprint density at radius 3 is 2.33 bits per heavy atom. The van der Waals surface area contributed by atoms with Crippen LogP contribution in [-0.4, -0.2) is 28.5 Å². The summed E-state index contributed by atoms with van der Waals surface area (Å²) >= 11 is 0. The summed E-state index contributed by atoms with van der Waals surface area (Å²) in [6, 6.07) is 11.7. The number of hydrogen-bond donors (Lipinski definition) is 2. The predicted molar refractivity (Wildman–Crippen MR) is 197 cm³/mol. The van der Waals surface area contributed by atoms with Gasteiger partial charge in [-0.2, -0.15) is 0 Å². The number of aromatic carboxylic acids is 1. The first-order valence-electron chi connectivity index (χ1n) is 19.4. The van der Waals surface area contributed by atoms with E-state index in [-0.39, 0.29) is 27.1 Å². The molecular weight excluding hydrogens is 604 g/mol. The summed E-state index contributed by atoms with van der Waals surface area (Å²) < 4.78 is 0. The summed E-state index contributed by atoms with van der Waals surface area (Å²) in [5, 5.41) is 13.0. The first-order valence-corrected chi connectivity index (χ1v) is 19.4. The fourth-order valence-electron chi connectivity index (χ4n) is 13.7. The molecule has 1 aromatic heterocycles. The molecule has 5 nitrogen and oxygen atoms in total. The number of hydrogen-bond acceptors (Lipinski definition) is 3. The van der Waals surface area contributed by atoms with Crippen LogP contribution < -0.4 is 5.32 Å². The van der Waals surface area contributed by atoms with Crippen molar-refractivity contribution in [3.8, 4) is 0 Å². The van der Waals surface area contributed by atoms with E-state index in [2.05, 4.69) is 70.9 Å². The highest BCUT2D eigenvalue weighted by Crippen LogP contribution is 2.77. The number of aromatic nitrogens is 1. The Kier molecular flexibility index (Phi) is 8.51. The summed E-state index contributed by atoms with van der Waals surface area (Å²) in [6.07, 6.45) is 17.5. The van der Waals surface area contributed by atoms with Crippen molar-refractivity contribution >= 4 is 17.4 Å². The van der Waals surface area contributed by atoms with Crippen LogP contribution in [0.1, 0.15) is 128 Å². The third-order valence-corrected chi connectivity index (χ3v) is 16.2. The van der Waals surface area contributed by atoms with Gasteiger partial charge >= 0.3 is 5.97 Å². The van der Waals surface area contributed by atoms with Gasteiger partial charge < -0.3 is 10.4 Å². The highest BCUT2D eigenvalue weighted by Gasteiger charge is 2.71. The van der Waals surface area contributed by atoms with Gasteiger partial charge in [-0.25, -0.2) is 4.79 Å². The van der Waals surface area contributed by atoms with Crippen molar-refractivity contribution in [3.05, 3.63) is 71.6 Å². The minimum absolute atomic E-state index is 0.000629. The molecule has 1 amide bonds. The van der Waals surface area contributed by atoms with Gasteiger partial charge in [-0.05, 0) is 156 Å². The molecule has 2 aromatic rings. The van der Waals surface area contributed by atoms with Crippen molar-refractivity contribution in [1.29, 1.82) is 0 Å². The normalized spacial score (nSPS) is 39.2. The third-order valence-electron chi connectivity index (χ3n) is 16.2. The van der Waals surface area contributed by atoms with Crippen LogP contribution in [0.15, 0.2) is 54.9 Å². The Morgan fingerprint density at radius 1 is 0.898 bits per heavy atom. The van der Waals surface area contributed by atoms with Crippen LogP contribution in [0.5, 0.6) is 0 Å². The number of nitrogens with one attached hydrogen (secondary N) is 1. The van der Waals surface area contributed by atoms with E-state index in [0.29, 0.717) is 53.5 Å². The summed E-state index contributed by atoms with van der Waals surface area (Å²) in [7, 11) is 0. The van der Waals surface area contributed by atoms with Gasteiger partial charge in [0.05, 0.1) is 11.0 Å². The van der Waals surface area contributed by atoms with E-state index < -0.39 is 5.97 Å². The van der Waals surface area contributed by atoms with E-state index in [1.54, 1.807) is 12.1 Å². The largest absolute Gasteiger partial charge is 0.478 e. The van der Waals surface area contributed by atoms with E-state index in [9.17, 15) is 14.7 Å². The second-order valence-electron chi connectivity index (χ2n) is 18.6. The Hall–Kier alpha value is -2.95. The van der Waals surface area contributed by atoms with Crippen LogP contribution in [0.2, 0.25) is 0 Å². The van der Waals surface area contributed by atoms with Crippen LogP contribution in [0.4, 0.5) is 0 Å². The number of carboxylic acids is 1. The smallest absolute Gasteiger partial charge is 0.335 e. The van der Waals surface area contributed by atoms with E-state index in [1.807, 2.05) is 30.6 Å². The van der Waals surface area contributed by atoms with Crippen molar-refractivity contribution in [3.63, 3.8) is 0 Å². The number of amides is 1. The van der Waals surface area contributed by atoms with E-state index in [4.69, 9.17) is 0 Å². The van der Waals surface area contributed by atoms with Gasteiger partial charge in [0.25, 0.3) is 0 Å². The zero-order valence-corrected chi connectivity index (χ0v) is 31.1. The fourth-order valence-corrected chi connectivity index (χ4v) is 13.7. The van der Waals surface area contributed by atoms with Gasteiger partial charge in [-0.3, -0.25) is 9.78 Å². The van der Waals surface area contributed by atoms with Crippen LogP contribution in [0.25, 0.3) is 5.57 Å². The summed E-state index contributed by atoms with van der Waals surface area (Å²) in [4.78, 5) is 30.3. The molecule has 5 aliphatic rings. The molecule has 5 aliphatic carbocycles. The van der Waals surface area contributed by atoms with Gasteiger partial charge in [-0.1, -0.05) is 72.7 Å². The van der Waals surface area contributed by atoms with Crippen LogP contribution in [-0.2, 0) is 11.2 Å². The fraction of sp³-hybridized carbons (Fsp3) is 0.659. The first kappa shape index (κ1) is 34.5. The number of fused-ring (bicyclic) bond motifs is 7. The van der Waals surface area contributed by atoms with Crippen LogP contribution in [0.3, 0.4) is 0 Å². The third kappa shape index (κ3) is 5.09. The van der Waals surface area contributed by atoms with E-state index in [0.717, 1.165) is 32.1 Å². The molecule has 7 rings (SSSR count). The molecule has 264 valence electrons. The number of pyridine rings is 1. The van der Waals surface area contributed by atoms with Crippen LogP contribution >= 0.6 is 0 Å². The predicted octanol–water partition coefficient (Wildman–Crippen LogP) is 9.87. The van der Waals surface area contributed by atoms with Gasteiger partial charge in [-0.15, -0.1) is 0 Å². The molecule has 0 spiro atoms. The molecule has 49 heavy (non-hydrogen) atoms. The molecule has 1 heterocycles. The lowest BCUT2D eigenvalue weighted by molar-refractivity contribution is -0.227. The monoisotopic (exact) mass is 664 g/mol. The first-order chi connectivity index (χ1) is 23.2. The number of nitrogens with zero attached hydrogens (tertiary/aromatic N) is 1. The quantitative estimate of drug-likeness (QED) is 0.309. The number of carboxylic acid groups (broad SMARTS) is 1. The molecule has 0 unspecified atom stereocenters. The van der Waals surface area contributed by atoms with Crippen molar-refractivity contribution in [2.24, 2.45) is 62.6 Å². The van der Waals surface area contributed by atoms with Gasteiger partial charge in [0.15, 0.2) is 0 Å². The summed E-state index contributed by atoms with van der Waals surface area (Å²) in [6.45, 7) is 18.4. The van der Waals surface area contributed by atoms with Crippen molar-refractivity contribution < 1.29 is 14.7 Å². The lowest BCUT2D eigenvalue weighted by atomic mass is 9.32. The maximum atomic E-state index is 14.4. The van der Waals surface area contributed by atoms with Crippen molar-refractivity contribution in [1.82, 2.24) is 10.3 Å². The SMILES string of the molecule is CC(C)[C@@H]1CC[C@]2(C(=O)NCCc3cccnc3)CC[C@]3(C)[C@H](CC[C@@H]4[C@@]5(C)CC=C(c6ccc(C(=O)O)cc6)C(C)(C)[C@@H]5CC[C@]43C)[C@@H]12. The zero-order valence-electron chi connectivity index (χ0n) is 31.1. The number of benzene rings is 1. The zero-order chi connectivity index (χ0) is 35.0. The second kappa shape index (κ2) is 12.1. The standard InChI is InChI=1S/C44H60N2O3/c1-28(2)32-16-22-44(39(49)46-26-19-29-9-8-25-45-27-29)24-23-42(6)34(37(32)44)14-15-36-41(5)20-17-33(30-10-12-31(13-11-30)38(47)48)40(3,4)35(41)18-21-43(36,42)7/h8-13,17,25,27-28,32,34-37H,14-16,18-24,26H2,1-7H3,(H,46,49)(H,47,48)/t32-,34+,35-,36+,37+,41-,42+,43+,44-/m0/s1. The lowest BCUT2D eigenvalue weighted by Crippen LogP contribution is -2.66. The molecule has 5 heteroatoms. The summed E-state index contributed by atoms with van der Waals surface area (Å²) in [5.41, 5.74) is 4.51. The Balaban J connectivity index is 1.17. The molecular formula is C44H60N2O3. The maximum Gasteiger partial charge on any atom is 0.335 e. The van der Waals surface area contributed by atoms with Gasteiger partial charge in [0.1, 0.15) is 0 Å². The summed E-state index contributed by atoms with van der Waals surface area (Å²) in [5.74, 6) is 2.90. The van der Waals surface area contributed by atoms with Crippen molar-refractivity contribution in [2.45, 2.75) is 113 Å². The number of allylic oxidation sites excluding steroid dienone is 2. The number of carbonyl (C=O) groups is 2. The molecule has 4 fully saturated rings. The average molecular weight is 665 g/mol. The Bertz CT molecular complexity index is 1610. The molecule has 0 radical (unpaired) electrons. The number of rotatable bonds is 7. The Morgan fingerprint density at radius 2 is 1.65 bits per heavy atom. The average Bonchev–Trinajstić information content (AvgIpc) is 3.47. The maximum absolute atomic E-state index is 14.4. The molecule has 2 N–H and O–H groups in total. The van der Waals surface area contributed by atoms with Gasteiger partial charge in [0, 0.05) is 18.9 Å². The second-order valence-corrected chi connectivity index (χ2v) is 18.6. The topological polar surface area (TPSA) is 79.3 Å². The molecule has 9 atom stereocenters. The van der Waals surface area contributed by atoms with E-state index >= 15 is 0 Å².